The number of nitrogens with zero attached hydrogens (tertiary/aromatic N) is 1. The molecule has 1 heterocycles. The van der Waals surface area contributed by atoms with E-state index in [2.05, 4.69) is 26.4 Å². The molecular weight excluding hydrogens is 288 g/mol. The van der Waals surface area contributed by atoms with E-state index in [1.54, 1.807) is 13.2 Å². The third-order valence-electron chi connectivity index (χ3n) is 2.17. The van der Waals surface area contributed by atoms with E-state index in [1.165, 1.54) is 0 Å². The number of nitrogens with one attached hydrogen (secondary N) is 1. The van der Waals surface area contributed by atoms with Crippen LogP contribution < -0.4 is 5.32 Å². The van der Waals surface area contributed by atoms with Gasteiger partial charge in [0.05, 0.1) is 0 Å². The van der Waals surface area contributed by atoms with E-state index in [-0.39, 0.29) is 5.91 Å². The number of halogens is 1. The summed E-state index contributed by atoms with van der Waals surface area (Å²) in [5.41, 5.74) is 0.303. The van der Waals surface area contributed by atoms with Gasteiger partial charge in [-0.1, -0.05) is 27.5 Å². The Kier molecular flexibility index (Phi) is 6.88. The third kappa shape index (κ3) is 5.32. The fourth-order valence-corrected chi connectivity index (χ4v) is 1.72. The summed E-state index contributed by atoms with van der Waals surface area (Å²) in [5, 5.41) is 7.48. The molecule has 6 heteroatoms. The molecular formula is C11H17BrN2O3. The summed E-state index contributed by atoms with van der Waals surface area (Å²) in [7, 11) is 1.56. The number of unbranched alkanes of at least 4 members (excludes halogenated alkanes) is 2. The van der Waals surface area contributed by atoms with Crippen LogP contribution in [-0.2, 0) is 11.3 Å². The van der Waals surface area contributed by atoms with Gasteiger partial charge in [0.1, 0.15) is 6.61 Å². The lowest BCUT2D eigenvalue weighted by Crippen LogP contribution is -2.24. The van der Waals surface area contributed by atoms with Crippen LogP contribution in [0, 0.1) is 0 Å². The van der Waals surface area contributed by atoms with Gasteiger partial charge in [0.2, 0.25) is 0 Å². The van der Waals surface area contributed by atoms with E-state index in [0.29, 0.717) is 24.6 Å². The van der Waals surface area contributed by atoms with Crippen LogP contribution in [0.5, 0.6) is 0 Å². The summed E-state index contributed by atoms with van der Waals surface area (Å²) in [4.78, 5) is 11.6. The van der Waals surface area contributed by atoms with Gasteiger partial charge in [-0.05, 0) is 12.8 Å². The average molecular weight is 305 g/mol. The topological polar surface area (TPSA) is 64.4 Å². The Morgan fingerprint density at radius 1 is 1.53 bits per heavy atom. The van der Waals surface area contributed by atoms with E-state index < -0.39 is 0 Å². The highest BCUT2D eigenvalue weighted by Crippen LogP contribution is 2.04. The Bertz CT molecular complexity index is 341. The van der Waals surface area contributed by atoms with Crippen molar-refractivity contribution in [1.82, 2.24) is 10.5 Å². The number of alkyl halides is 1. The van der Waals surface area contributed by atoms with E-state index in [4.69, 9.17) is 9.26 Å². The van der Waals surface area contributed by atoms with E-state index >= 15 is 0 Å². The number of rotatable bonds is 8. The number of hydrogen-bond acceptors (Lipinski definition) is 4. The minimum absolute atomic E-state index is 0.199. The lowest BCUT2D eigenvalue weighted by molar-refractivity contribution is 0.0943. The lowest BCUT2D eigenvalue weighted by Gasteiger charge is -2.01. The van der Waals surface area contributed by atoms with Gasteiger partial charge in [0.25, 0.3) is 5.91 Å². The molecule has 1 rings (SSSR count). The highest BCUT2D eigenvalue weighted by atomic mass is 79.9. The van der Waals surface area contributed by atoms with Gasteiger partial charge in [0.15, 0.2) is 11.5 Å². The molecule has 0 fully saturated rings. The molecule has 0 aromatic carbocycles. The maximum Gasteiger partial charge on any atom is 0.273 e. The zero-order valence-electron chi connectivity index (χ0n) is 9.87. The molecule has 0 unspecified atom stereocenters. The van der Waals surface area contributed by atoms with Crippen molar-refractivity contribution in [3.63, 3.8) is 0 Å². The van der Waals surface area contributed by atoms with Crippen LogP contribution in [0.4, 0.5) is 0 Å². The quantitative estimate of drug-likeness (QED) is 0.590. The fraction of sp³-hybridized carbons (Fsp3) is 0.636. The molecule has 0 aliphatic heterocycles. The SMILES string of the molecule is COCc1cc(C(=O)NCCCCCBr)no1. The number of methoxy groups -OCH3 is 1. The second-order valence-corrected chi connectivity index (χ2v) is 4.41. The molecule has 0 aliphatic carbocycles. The Hall–Kier alpha value is -0.880. The van der Waals surface area contributed by atoms with E-state index in [1.807, 2.05) is 0 Å². The van der Waals surface area contributed by atoms with Crippen molar-refractivity contribution in [3.05, 3.63) is 17.5 Å². The van der Waals surface area contributed by atoms with Crippen LogP contribution in [0.1, 0.15) is 35.5 Å². The first kappa shape index (κ1) is 14.2. The summed E-state index contributed by atoms with van der Waals surface area (Å²) in [5.74, 6) is 0.354. The van der Waals surface area contributed by atoms with Gasteiger partial charge in [-0.2, -0.15) is 0 Å². The molecule has 0 atom stereocenters. The van der Waals surface area contributed by atoms with Crippen LogP contribution in [0.25, 0.3) is 0 Å². The first-order valence-corrected chi connectivity index (χ1v) is 6.68. The summed E-state index contributed by atoms with van der Waals surface area (Å²) in [6.07, 6.45) is 3.19. The normalized spacial score (nSPS) is 10.5. The van der Waals surface area contributed by atoms with Gasteiger partial charge in [-0.25, -0.2) is 0 Å². The molecule has 0 saturated heterocycles. The molecule has 0 saturated carbocycles. The Morgan fingerprint density at radius 2 is 2.35 bits per heavy atom. The Labute approximate surface area is 109 Å². The van der Waals surface area contributed by atoms with E-state index in [9.17, 15) is 4.79 Å². The molecule has 1 aromatic rings. The average Bonchev–Trinajstić information content (AvgIpc) is 2.78. The van der Waals surface area contributed by atoms with E-state index in [0.717, 1.165) is 24.6 Å². The Balaban J connectivity index is 2.26. The lowest BCUT2D eigenvalue weighted by atomic mass is 10.2. The first-order chi connectivity index (χ1) is 8.27. The summed E-state index contributed by atoms with van der Waals surface area (Å²) in [6.45, 7) is 0.990. The maximum absolute atomic E-state index is 11.6. The molecule has 17 heavy (non-hydrogen) atoms. The van der Waals surface area contributed by atoms with Gasteiger partial charge >= 0.3 is 0 Å². The second kappa shape index (κ2) is 8.25. The highest BCUT2D eigenvalue weighted by Gasteiger charge is 2.11. The fourth-order valence-electron chi connectivity index (χ4n) is 1.32. The predicted molar refractivity (Wildman–Crippen MR) is 67.2 cm³/mol. The third-order valence-corrected chi connectivity index (χ3v) is 2.73. The number of carbonyl (C=O) groups is 1. The largest absolute Gasteiger partial charge is 0.377 e. The van der Waals surface area contributed by atoms with Crippen molar-refractivity contribution in [2.24, 2.45) is 0 Å². The standard InChI is InChI=1S/C11H17BrN2O3/c1-16-8-9-7-10(14-17-9)11(15)13-6-4-2-3-5-12/h7H,2-6,8H2,1H3,(H,13,15). The number of carbonyl (C=O) groups excluding carboxylic acids is 1. The van der Waals surface area contributed by atoms with Crippen LogP contribution >= 0.6 is 15.9 Å². The molecule has 1 amide bonds. The van der Waals surface area contributed by atoms with Crippen LogP contribution in [0.15, 0.2) is 10.6 Å². The summed E-state index contributed by atoms with van der Waals surface area (Å²) >= 11 is 3.36. The second-order valence-electron chi connectivity index (χ2n) is 3.62. The predicted octanol–water partition coefficient (Wildman–Crippen LogP) is 2.12. The van der Waals surface area contributed by atoms with Crippen molar-refractivity contribution in [1.29, 1.82) is 0 Å². The van der Waals surface area contributed by atoms with Crippen molar-refractivity contribution in [2.75, 3.05) is 19.0 Å². The molecule has 96 valence electrons. The zero-order chi connectivity index (χ0) is 12.5. The minimum atomic E-state index is -0.199. The molecule has 0 bridgehead atoms. The van der Waals surface area contributed by atoms with Crippen molar-refractivity contribution in [3.8, 4) is 0 Å². The maximum atomic E-state index is 11.6. The molecule has 1 aromatic heterocycles. The van der Waals surface area contributed by atoms with Crippen molar-refractivity contribution < 1.29 is 14.1 Å². The van der Waals surface area contributed by atoms with Gasteiger partial charge in [-0.3, -0.25) is 4.79 Å². The van der Waals surface area contributed by atoms with Crippen LogP contribution in [0.3, 0.4) is 0 Å². The van der Waals surface area contributed by atoms with Crippen LogP contribution in [-0.4, -0.2) is 30.0 Å². The van der Waals surface area contributed by atoms with Crippen molar-refractivity contribution >= 4 is 21.8 Å². The number of ether oxygens (including phenoxy) is 1. The molecule has 0 aliphatic rings. The monoisotopic (exact) mass is 304 g/mol. The molecule has 0 spiro atoms. The smallest absolute Gasteiger partial charge is 0.273 e. The number of aromatic nitrogens is 1. The van der Waals surface area contributed by atoms with Crippen LogP contribution in [0.2, 0.25) is 0 Å². The number of hydrogen-bond donors (Lipinski definition) is 1. The van der Waals surface area contributed by atoms with Gasteiger partial charge in [0, 0.05) is 25.1 Å². The van der Waals surface area contributed by atoms with Crippen molar-refractivity contribution in [2.45, 2.75) is 25.9 Å². The molecule has 0 radical (unpaired) electrons. The summed E-state index contributed by atoms with van der Waals surface area (Å²) < 4.78 is 9.81. The molecule has 1 N–H and O–H groups in total. The zero-order valence-corrected chi connectivity index (χ0v) is 11.5. The summed E-state index contributed by atoms with van der Waals surface area (Å²) in [6, 6.07) is 1.59. The van der Waals surface area contributed by atoms with Gasteiger partial charge in [-0.15, -0.1) is 0 Å². The highest BCUT2D eigenvalue weighted by molar-refractivity contribution is 9.09. The first-order valence-electron chi connectivity index (χ1n) is 5.56. The number of amides is 1. The van der Waals surface area contributed by atoms with Gasteiger partial charge < -0.3 is 14.6 Å². The minimum Gasteiger partial charge on any atom is -0.377 e. The molecule has 5 nitrogen and oxygen atoms in total. The Morgan fingerprint density at radius 3 is 3.06 bits per heavy atom.